The van der Waals surface area contributed by atoms with Crippen LogP contribution in [0, 0.1) is 0 Å². The van der Waals surface area contributed by atoms with E-state index in [1.807, 2.05) is 13.0 Å². The van der Waals surface area contributed by atoms with Crippen LogP contribution < -0.4 is 5.30 Å². The summed E-state index contributed by atoms with van der Waals surface area (Å²) in [5.41, 5.74) is 0.523. The molecule has 16 heavy (non-hydrogen) atoms. The first-order valence-electron chi connectivity index (χ1n) is 6.03. The molecule has 2 unspecified atom stereocenters. The van der Waals surface area contributed by atoms with E-state index < -0.39 is 7.14 Å². The first-order valence-corrected chi connectivity index (χ1v) is 8.14. The second-order valence-corrected chi connectivity index (χ2v) is 8.43. The van der Waals surface area contributed by atoms with Crippen molar-refractivity contribution in [3.63, 3.8) is 0 Å². The summed E-state index contributed by atoms with van der Waals surface area (Å²) < 4.78 is 0. The van der Waals surface area contributed by atoms with Crippen molar-refractivity contribution in [3.05, 3.63) is 30.3 Å². The molecule has 1 N–H and O–H groups in total. The molecule has 2 rings (SSSR count). The summed E-state index contributed by atoms with van der Waals surface area (Å²) in [4.78, 5) is 0. The Bertz CT molecular complexity index is 341. The fourth-order valence-corrected chi connectivity index (χ4v) is 6.55. The Morgan fingerprint density at radius 2 is 2.12 bits per heavy atom. The zero-order chi connectivity index (χ0) is 11.6. The highest BCUT2D eigenvalue weighted by Gasteiger charge is 2.47. The van der Waals surface area contributed by atoms with E-state index in [4.69, 9.17) is 7.57 Å². The van der Waals surface area contributed by atoms with Crippen molar-refractivity contribution in [3.8, 4) is 0 Å². The maximum absolute atomic E-state index is 9.55. The molecule has 1 fully saturated rings. The van der Waals surface area contributed by atoms with Gasteiger partial charge in [0, 0.05) is 12.6 Å². The molecule has 0 saturated carbocycles. The molecule has 1 saturated heterocycles. The van der Waals surface area contributed by atoms with Crippen molar-refractivity contribution in [2.45, 2.75) is 37.9 Å². The maximum atomic E-state index is 9.55. The summed E-state index contributed by atoms with van der Waals surface area (Å²) in [6.45, 7) is 1.87. The Hall–Kier alpha value is -0.325. The second-order valence-electron chi connectivity index (χ2n) is 4.87. The topological polar surface area (TPSA) is 20.2 Å². The average Bonchev–Trinajstić information content (AvgIpc) is 2.62. The van der Waals surface area contributed by atoms with E-state index in [9.17, 15) is 5.11 Å². The third-order valence-corrected chi connectivity index (χ3v) is 7.66. The smallest absolute Gasteiger partial charge is 0.371 e. The van der Waals surface area contributed by atoms with Crippen molar-refractivity contribution < 1.29 is 5.11 Å². The second kappa shape index (κ2) is 4.90. The summed E-state index contributed by atoms with van der Waals surface area (Å²) in [6, 6.07) is 10.5. The lowest BCUT2D eigenvalue weighted by Crippen LogP contribution is -2.23. The number of benzene rings is 1. The summed E-state index contributed by atoms with van der Waals surface area (Å²) in [7, 11) is 5.18. The van der Waals surface area contributed by atoms with Crippen LogP contribution in [0.3, 0.4) is 0 Å². The van der Waals surface area contributed by atoms with E-state index in [1.165, 1.54) is 18.1 Å². The minimum atomic E-state index is -1.50. The van der Waals surface area contributed by atoms with E-state index >= 15 is 0 Å². The minimum absolute atomic E-state index is 0.227. The van der Waals surface area contributed by atoms with Gasteiger partial charge in [-0.05, 0) is 39.0 Å². The molecular formula is C13H19BOP+. The van der Waals surface area contributed by atoms with Crippen molar-refractivity contribution in [2.75, 3.05) is 6.16 Å². The molecule has 0 bridgehead atoms. The zero-order valence-corrected chi connectivity index (χ0v) is 10.7. The van der Waals surface area contributed by atoms with Crippen LogP contribution in [0.25, 0.3) is 0 Å². The van der Waals surface area contributed by atoms with Gasteiger partial charge in [-0.3, -0.25) is 0 Å². The number of hydrogen-bond donors (Lipinski definition) is 1. The molecule has 0 spiro atoms. The van der Waals surface area contributed by atoms with Gasteiger partial charge in [-0.1, -0.05) is 18.2 Å². The molecule has 1 heterocycles. The van der Waals surface area contributed by atoms with Crippen molar-refractivity contribution in [1.29, 1.82) is 0 Å². The fraction of sp³-hybridized carbons (Fsp3) is 0.538. The SMILES string of the molecule is [B][P+]1(c2ccccc2)CCCC1C[C@H](C)O. The molecule has 1 aromatic carbocycles. The number of rotatable bonds is 3. The Balaban J connectivity index is 2.23. The lowest BCUT2D eigenvalue weighted by Gasteiger charge is -2.26. The highest BCUT2D eigenvalue weighted by atomic mass is 31.2. The quantitative estimate of drug-likeness (QED) is 0.627. The van der Waals surface area contributed by atoms with E-state index in [2.05, 4.69) is 24.3 Å². The number of aliphatic hydroxyl groups is 1. The van der Waals surface area contributed by atoms with Gasteiger partial charge in [0.15, 0.2) is 0 Å². The molecule has 1 aromatic rings. The number of hydrogen-bond acceptors (Lipinski definition) is 1. The molecule has 1 aliphatic rings. The van der Waals surface area contributed by atoms with Gasteiger partial charge in [0.1, 0.15) is 0 Å². The predicted molar refractivity (Wildman–Crippen MR) is 72.9 cm³/mol. The van der Waals surface area contributed by atoms with Gasteiger partial charge in [-0.25, -0.2) is 0 Å². The lowest BCUT2D eigenvalue weighted by atomic mass is 10.1. The largest absolute Gasteiger partial charge is 0.393 e. The molecule has 1 nitrogen and oxygen atoms in total. The van der Waals surface area contributed by atoms with Gasteiger partial charge in [-0.15, -0.1) is 0 Å². The minimum Gasteiger partial charge on any atom is -0.393 e. The molecule has 84 valence electrons. The van der Waals surface area contributed by atoms with Gasteiger partial charge in [-0.2, -0.15) is 0 Å². The van der Waals surface area contributed by atoms with Crippen molar-refractivity contribution >= 4 is 20.0 Å². The Morgan fingerprint density at radius 1 is 1.44 bits per heavy atom. The number of aliphatic hydroxyl groups excluding tert-OH is 1. The third-order valence-electron chi connectivity index (χ3n) is 3.57. The summed E-state index contributed by atoms with van der Waals surface area (Å²) in [5.74, 6) is 0. The van der Waals surface area contributed by atoms with E-state index in [-0.39, 0.29) is 6.10 Å². The summed E-state index contributed by atoms with van der Waals surface area (Å²) >= 11 is 0. The first-order chi connectivity index (χ1) is 7.63. The Kier molecular flexibility index (Phi) is 3.72. The van der Waals surface area contributed by atoms with E-state index in [0.717, 1.165) is 12.6 Å². The van der Waals surface area contributed by atoms with Crippen LogP contribution in [0.2, 0.25) is 0 Å². The van der Waals surface area contributed by atoms with Crippen molar-refractivity contribution in [2.24, 2.45) is 0 Å². The predicted octanol–water partition coefficient (Wildman–Crippen LogP) is 2.35. The van der Waals surface area contributed by atoms with Gasteiger partial charge in [0.05, 0.1) is 17.1 Å². The van der Waals surface area contributed by atoms with E-state index in [0.29, 0.717) is 5.66 Å². The van der Waals surface area contributed by atoms with Crippen LogP contribution in [0.15, 0.2) is 30.3 Å². The van der Waals surface area contributed by atoms with Crippen molar-refractivity contribution in [1.82, 2.24) is 0 Å². The molecule has 1 aliphatic heterocycles. The maximum Gasteiger partial charge on any atom is 0.371 e. The zero-order valence-electron chi connectivity index (χ0n) is 9.84. The Morgan fingerprint density at radius 3 is 2.75 bits per heavy atom. The fourth-order valence-electron chi connectivity index (χ4n) is 2.75. The van der Waals surface area contributed by atoms with Crippen LogP contribution in [-0.2, 0) is 0 Å². The molecule has 3 atom stereocenters. The standard InChI is InChI=1S/C13H19BOP/c1-11(15)10-13-8-5-9-16(13,14)12-6-3-2-4-7-12/h2-4,6-7,11,13,15H,5,8-10H2,1H3/q+1/t11-,13?,16?/m0/s1. The van der Waals surface area contributed by atoms with E-state index in [1.54, 1.807) is 0 Å². The Labute approximate surface area is 100.0 Å². The van der Waals surface area contributed by atoms with Crippen LogP contribution >= 0.6 is 7.14 Å². The van der Waals surface area contributed by atoms with Crippen LogP contribution in [-0.4, -0.2) is 30.6 Å². The molecule has 0 amide bonds. The van der Waals surface area contributed by atoms with Gasteiger partial charge in [0.25, 0.3) is 0 Å². The lowest BCUT2D eigenvalue weighted by molar-refractivity contribution is 0.183. The highest BCUT2D eigenvalue weighted by molar-refractivity contribution is 8.03. The van der Waals surface area contributed by atoms with Gasteiger partial charge in [0.2, 0.25) is 0 Å². The average molecular weight is 233 g/mol. The molecule has 0 aliphatic carbocycles. The van der Waals surface area contributed by atoms with Crippen LogP contribution in [0.4, 0.5) is 0 Å². The van der Waals surface area contributed by atoms with Gasteiger partial charge >= 0.3 is 7.57 Å². The first kappa shape index (κ1) is 12.1. The third kappa shape index (κ3) is 2.33. The van der Waals surface area contributed by atoms with Crippen LogP contribution in [0.1, 0.15) is 26.2 Å². The normalized spacial score (nSPS) is 31.5. The van der Waals surface area contributed by atoms with Crippen LogP contribution in [0.5, 0.6) is 0 Å². The summed E-state index contributed by atoms with van der Waals surface area (Å²) in [6.07, 6.45) is 4.18. The molecular weight excluding hydrogens is 214 g/mol. The summed E-state index contributed by atoms with van der Waals surface area (Å²) in [5, 5.41) is 10.9. The molecule has 2 radical (unpaired) electrons. The molecule has 0 aromatic heterocycles. The van der Waals surface area contributed by atoms with Gasteiger partial charge < -0.3 is 5.11 Å². The highest BCUT2D eigenvalue weighted by Crippen LogP contribution is 2.64. The monoisotopic (exact) mass is 233 g/mol. The molecule has 3 heteroatoms.